The fraction of sp³-hybridized carbons (Fsp3) is 0.562. The molecule has 0 amide bonds. The number of benzene rings is 1. The van der Waals surface area contributed by atoms with E-state index >= 15 is 0 Å². The lowest BCUT2D eigenvalue weighted by atomic mass is 9.95. The van der Waals surface area contributed by atoms with Crippen molar-refractivity contribution in [1.82, 2.24) is 5.32 Å². The molecule has 0 aliphatic heterocycles. The standard InChI is InChI=1S/C16H25NO4/c1-11(17-4)12-7-8-13(14(9-12)19-5)21-10-16(2,3)15(18)20-6/h7-9,11,17H,10H2,1-6H3. The van der Waals surface area contributed by atoms with Crippen molar-refractivity contribution in [2.24, 2.45) is 5.41 Å². The zero-order chi connectivity index (χ0) is 16.0. The molecule has 0 saturated heterocycles. The van der Waals surface area contributed by atoms with Crippen molar-refractivity contribution in [3.05, 3.63) is 23.8 Å². The first-order chi connectivity index (χ1) is 9.85. The van der Waals surface area contributed by atoms with Gasteiger partial charge in [-0.05, 0) is 45.5 Å². The van der Waals surface area contributed by atoms with E-state index in [-0.39, 0.29) is 18.6 Å². The smallest absolute Gasteiger partial charge is 0.314 e. The molecule has 1 N–H and O–H groups in total. The maximum Gasteiger partial charge on any atom is 0.314 e. The molecule has 5 heteroatoms. The van der Waals surface area contributed by atoms with Gasteiger partial charge < -0.3 is 19.5 Å². The van der Waals surface area contributed by atoms with E-state index in [4.69, 9.17) is 14.2 Å². The Bertz CT molecular complexity index is 485. The first-order valence-corrected chi connectivity index (χ1v) is 6.92. The van der Waals surface area contributed by atoms with Gasteiger partial charge in [0.2, 0.25) is 0 Å². The third-order valence-corrected chi connectivity index (χ3v) is 3.45. The van der Waals surface area contributed by atoms with Gasteiger partial charge in [-0.3, -0.25) is 4.79 Å². The lowest BCUT2D eigenvalue weighted by Crippen LogP contribution is -2.32. The Balaban J connectivity index is 2.87. The molecule has 0 aliphatic rings. The lowest BCUT2D eigenvalue weighted by molar-refractivity contribution is -0.152. The Morgan fingerprint density at radius 2 is 1.95 bits per heavy atom. The molecule has 0 radical (unpaired) electrons. The fourth-order valence-corrected chi connectivity index (χ4v) is 1.83. The highest BCUT2D eigenvalue weighted by molar-refractivity contribution is 5.75. The molecule has 5 nitrogen and oxygen atoms in total. The molecule has 0 saturated carbocycles. The summed E-state index contributed by atoms with van der Waals surface area (Å²) in [7, 11) is 4.88. The van der Waals surface area contributed by atoms with Gasteiger partial charge in [-0.2, -0.15) is 0 Å². The summed E-state index contributed by atoms with van der Waals surface area (Å²) in [5, 5.41) is 3.17. The van der Waals surface area contributed by atoms with Gasteiger partial charge >= 0.3 is 5.97 Å². The molecule has 0 aromatic heterocycles. The van der Waals surface area contributed by atoms with Crippen molar-refractivity contribution in [1.29, 1.82) is 0 Å². The van der Waals surface area contributed by atoms with Crippen LogP contribution in [0.15, 0.2) is 18.2 Å². The maximum absolute atomic E-state index is 11.6. The van der Waals surface area contributed by atoms with Gasteiger partial charge in [0.1, 0.15) is 6.61 Å². The largest absolute Gasteiger partial charge is 0.493 e. The van der Waals surface area contributed by atoms with Gasteiger partial charge in [-0.1, -0.05) is 6.07 Å². The van der Waals surface area contributed by atoms with E-state index in [2.05, 4.69) is 12.2 Å². The molecule has 0 aliphatic carbocycles. The zero-order valence-electron chi connectivity index (χ0n) is 13.6. The summed E-state index contributed by atoms with van der Waals surface area (Å²) in [6.45, 7) is 5.85. The van der Waals surface area contributed by atoms with Gasteiger partial charge in [0, 0.05) is 6.04 Å². The van der Waals surface area contributed by atoms with Crippen molar-refractivity contribution in [2.45, 2.75) is 26.8 Å². The summed E-state index contributed by atoms with van der Waals surface area (Å²) < 4.78 is 15.9. The number of esters is 1. The molecule has 0 spiro atoms. The number of ether oxygens (including phenoxy) is 3. The molecule has 1 unspecified atom stereocenters. The normalized spacial score (nSPS) is 12.7. The second kappa shape index (κ2) is 7.31. The molecule has 1 atom stereocenters. The molecule has 1 aromatic carbocycles. The number of hydrogen-bond donors (Lipinski definition) is 1. The van der Waals surface area contributed by atoms with Crippen LogP contribution in [0, 0.1) is 5.41 Å². The summed E-state index contributed by atoms with van der Waals surface area (Å²) >= 11 is 0. The predicted octanol–water partition coefficient (Wildman–Crippen LogP) is 2.55. The van der Waals surface area contributed by atoms with Gasteiger partial charge in [-0.15, -0.1) is 0 Å². The molecular formula is C16H25NO4. The zero-order valence-corrected chi connectivity index (χ0v) is 13.6. The van der Waals surface area contributed by atoms with Gasteiger partial charge in [0.05, 0.1) is 19.6 Å². The Labute approximate surface area is 126 Å². The Morgan fingerprint density at radius 3 is 2.48 bits per heavy atom. The topological polar surface area (TPSA) is 56.8 Å². The SMILES string of the molecule is CNC(C)c1ccc(OCC(C)(C)C(=O)OC)c(OC)c1. The Hall–Kier alpha value is -1.75. The van der Waals surface area contributed by atoms with Crippen LogP contribution in [0.1, 0.15) is 32.4 Å². The maximum atomic E-state index is 11.6. The molecule has 1 rings (SSSR count). The van der Waals surface area contributed by atoms with E-state index in [0.717, 1.165) is 5.56 Å². The van der Waals surface area contributed by atoms with Crippen LogP contribution in [-0.2, 0) is 9.53 Å². The minimum Gasteiger partial charge on any atom is -0.493 e. The quantitative estimate of drug-likeness (QED) is 0.783. The van der Waals surface area contributed by atoms with E-state index < -0.39 is 5.41 Å². The molecular weight excluding hydrogens is 270 g/mol. The highest BCUT2D eigenvalue weighted by atomic mass is 16.5. The van der Waals surface area contributed by atoms with Gasteiger partial charge in [-0.25, -0.2) is 0 Å². The summed E-state index contributed by atoms with van der Waals surface area (Å²) in [5.74, 6) is 0.957. The first-order valence-electron chi connectivity index (χ1n) is 6.92. The lowest BCUT2D eigenvalue weighted by Gasteiger charge is -2.22. The number of carbonyl (C=O) groups excluding carboxylic acids is 1. The van der Waals surface area contributed by atoms with Crippen molar-refractivity contribution in [3.63, 3.8) is 0 Å². The van der Waals surface area contributed by atoms with E-state index in [1.807, 2.05) is 25.2 Å². The van der Waals surface area contributed by atoms with E-state index in [9.17, 15) is 4.79 Å². The minimum absolute atomic E-state index is 0.219. The molecule has 0 fully saturated rings. The van der Waals surface area contributed by atoms with Crippen LogP contribution in [0.25, 0.3) is 0 Å². The Kier molecular flexibility index (Phi) is 6.03. The fourth-order valence-electron chi connectivity index (χ4n) is 1.83. The van der Waals surface area contributed by atoms with Crippen LogP contribution in [0.3, 0.4) is 0 Å². The van der Waals surface area contributed by atoms with Crippen LogP contribution >= 0.6 is 0 Å². The minimum atomic E-state index is -0.712. The highest BCUT2D eigenvalue weighted by Crippen LogP contribution is 2.31. The highest BCUT2D eigenvalue weighted by Gasteiger charge is 2.30. The van der Waals surface area contributed by atoms with E-state index in [1.54, 1.807) is 21.0 Å². The van der Waals surface area contributed by atoms with Crippen molar-refractivity contribution in [3.8, 4) is 11.5 Å². The summed E-state index contributed by atoms with van der Waals surface area (Å²) in [6.07, 6.45) is 0. The van der Waals surface area contributed by atoms with Crippen LogP contribution in [-0.4, -0.2) is 33.8 Å². The molecule has 0 heterocycles. The van der Waals surface area contributed by atoms with E-state index in [0.29, 0.717) is 11.5 Å². The monoisotopic (exact) mass is 295 g/mol. The first kappa shape index (κ1) is 17.3. The summed E-state index contributed by atoms with van der Waals surface area (Å²) in [6, 6.07) is 5.99. The molecule has 0 bridgehead atoms. The Morgan fingerprint density at radius 1 is 1.29 bits per heavy atom. The van der Waals surface area contributed by atoms with Crippen LogP contribution < -0.4 is 14.8 Å². The number of methoxy groups -OCH3 is 2. The van der Waals surface area contributed by atoms with Crippen molar-refractivity contribution < 1.29 is 19.0 Å². The average molecular weight is 295 g/mol. The second-order valence-electron chi connectivity index (χ2n) is 5.58. The van der Waals surface area contributed by atoms with Crippen LogP contribution in [0.2, 0.25) is 0 Å². The number of rotatable bonds is 7. The molecule has 1 aromatic rings. The van der Waals surface area contributed by atoms with Crippen molar-refractivity contribution in [2.75, 3.05) is 27.9 Å². The predicted molar refractivity (Wildman–Crippen MR) is 81.8 cm³/mol. The number of carbonyl (C=O) groups is 1. The summed E-state index contributed by atoms with van der Waals surface area (Å²) in [4.78, 5) is 11.6. The van der Waals surface area contributed by atoms with Gasteiger partial charge in [0.25, 0.3) is 0 Å². The van der Waals surface area contributed by atoms with Crippen molar-refractivity contribution >= 4 is 5.97 Å². The van der Waals surface area contributed by atoms with Gasteiger partial charge in [0.15, 0.2) is 11.5 Å². The third-order valence-electron chi connectivity index (χ3n) is 3.45. The number of hydrogen-bond acceptors (Lipinski definition) is 5. The molecule has 118 valence electrons. The van der Waals surface area contributed by atoms with Crippen LogP contribution in [0.4, 0.5) is 0 Å². The van der Waals surface area contributed by atoms with Crippen LogP contribution in [0.5, 0.6) is 11.5 Å². The van der Waals surface area contributed by atoms with E-state index in [1.165, 1.54) is 7.11 Å². The second-order valence-corrected chi connectivity index (χ2v) is 5.58. The molecule has 21 heavy (non-hydrogen) atoms. The summed E-state index contributed by atoms with van der Waals surface area (Å²) in [5.41, 5.74) is 0.394. The number of nitrogens with one attached hydrogen (secondary N) is 1. The third kappa shape index (κ3) is 4.36. The average Bonchev–Trinajstić information content (AvgIpc) is 2.50.